The van der Waals surface area contributed by atoms with Gasteiger partial charge in [-0.1, -0.05) is 68.9 Å². The normalized spacial score (nSPS) is 12.5. The molecule has 0 radical (unpaired) electrons. The second-order valence-electron chi connectivity index (χ2n) is 7.89. The van der Waals surface area contributed by atoms with Gasteiger partial charge in [0.25, 0.3) is 0 Å². The van der Waals surface area contributed by atoms with Gasteiger partial charge in [0.2, 0.25) is 11.8 Å². The molecule has 0 amide bonds. The van der Waals surface area contributed by atoms with Crippen LogP contribution in [0.1, 0.15) is 20.8 Å². The highest BCUT2D eigenvalue weighted by atomic mass is 32.2. The van der Waals surface area contributed by atoms with Crippen LogP contribution in [0.3, 0.4) is 0 Å². The number of aromatic nitrogens is 2. The Morgan fingerprint density at radius 2 is 1.35 bits per heavy atom. The van der Waals surface area contributed by atoms with E-state index < -0.39 is 0 Å². The summed E-state index contributed by atoms with van der Waals surface area (Å²) in [5.74, 6) is 0.934. The molecule has 6 nitrogen and oxygen atoms in total. The predicted octanol–water partition coefficient (Wildman–Crippen LogP) is 5.82. The number of ether oxygens (including phenoxy) is 2. The van der Waals surface area contributed by atoms with Crippen molar-refractivity contribution in [2.75, 3.05) is 19.2 Å². The van der Waals surface area contributed by atoms with Crippen molar-refractivity contribution in [3.63, 3.8) is 0 Å². The molecule has 162 valence electrons. The van der Waals surface area contributed by atoms with Crippen LogP contribution in [0.15, 0.2) is 77.0 Å². The molecule has 31 heavy (non-hydrogen) atoms. The minimum absolute atomic E-state index is 0.000707. The fourth-order valence-electron chi connectivity index (χ4n) is 2.74. The van der Waals surface area contributed by atoms with Gasteiger partial charge in [-0.2, -0.15) is 15.1 Å². The molecule has 0 N–H and O–H groups in total. The number of thioether (sulfide) groups is 1. The van der Waals surface area contributed by atoms with Crippen LogP contribution >= 0.6 is 11.8 Å². The Labute approximate surface area is 188 Å². The van der Waals surface area contributed by atoms with Gasteiger partial charge in [0.1, 0.15) is 0 Å². The number of para-hydroxylation sites is 2. The van der Waals surface area contributed by atoms with Gasteiger partial charge in [-0.15, -0.1) is 0 Å². The van der Waals surface area contributed by atoms with Crippen molar-refractivity contribution in [1.29, 1.82) is 0 Å². The minimum Gasteiger partial charge on any atom is -0.481 e. The average Bonchev–Trinajstić information content (AvgIpc) is 2.79. The van der Waals surface area contributed by atoms with Crippen molar-refractivity contribution in [2.24, 2.45) is 10.5 Å². The van der Waals surface area contributed by atoms with Crippen LogP contribution in [0.25, 0.3) is 0 Å². The zero-order chi connectivity index (χ0) is 22.3. The highest BCUT2D eigenvalue weighted by Crippen LogP contribution is 2.35. The molecular weight excluding hydrogens is 408 g/mol. The van der Waals surface area contributed by atoms with Gasteiger partial charge in [0.15, 0.2) is 5.16 Å². The standard InChI is InChI=1S/C24H28N4O2S/c1-24(2,3)20(31-23-26-21(29-4)16-22(27-23)30-5)17-25-28(18-12-8-6-9-13-18)19-14-10-7-11-15-19/h6-17,20H,1-5H3/b25-17+. The second-order valence-corrected chi connectivity index (χ2v) is 9.00. The largest absolute Gasteiger partial charge is 0.481 e. The van der Waals surface area contributed by atoms with E-state index in [2.05, 4.69) is 30.7 Å². The molecule has 7 heteroatoms. The Hall–Kier alpha value is -3.06. The van der Waals surface area contributed by atoms with Crippen molar-refractivity contribution in [2.45, 2.75) is 31.2 Å². The van der Waals surface area contributed by atoms with Crippen molar-refractivity contribution in [1.82, 2.24) is 9.97 Å². The first kappa shape index (κ1) is 22.6. The van der Waals surface area contributed by atoms with Crippen molar-refractivity contribution in [3.05, 3.63) is 66.7 Å². The molecule has 3 rings (SSSR count). The van der Waals surface area contributed by atoms with Crippen LogP contribution < -0.4 is 14.5 Å². The second kappa shape index (κ2) is 10.3. The minimum atomic E-state index is -0.0904. The van der Waals surface area contributed by atoms with E-state index in [-0.39, 0.29) is 10.7 Å². The van der Waals surface area contributed by atoms with Gasteiger partial charge >= 0.3 is 0 Å². The molecule has 0 aliphatic rings. The first-order chi connectivity index (χ1) is 14.9. The number of hydrazone groups is 1. The van der Waals surface area contributed by atoms with E-state index in [1.54, 1.807) is 20.3 Å². The molecule has 1 aromatic heterocycles. The maximum atomic E-state index is 5.29. The molecule has 0 saturated heterocycles. The van der Waals surface area contributed by atoms with E-state index in [0.717, 1.165) is 11.4 Å². The van der Waals surface area contributed by atoms with Crippen LogP contribution in [0.2, 0.25) is 0 Å². The van der Waals surface area contributed by atoms with Gasteiger partial charge in [0, 0.05) is 6.21 Å². The molecule has 0 fully saturated rings. The molecule has 0 aliphatic carbocycles. The number of hydrogen-bond acceptors (Lipinski definition) is 7. The third-order valence-corrected chi connectivity index (χ3v) is 5.96. The summed E-state index contributed by atoms with van der Waals surface area (Å²) >= 11 is 1.53. The number of rotatable bonds is 8. The summed E-state index contributed by atoms with van der Waals surface area (Å²) in [6, 6.07) is 21.9. The lowest BCUT2D eigenvalue weighted by atomic mass is 9.92. The van der Waals surface area contributed by atoms with E-state index in [9.17, 15) is 0 Å². The average molecular weight is 437 g/mol. The maximum absolute atomic E-state index is 5.29. The van der Waals surface area contributed by atoms with Gasteiger partial charge in [-0.25, -0.2) is 5.01 Å². The molecule has 2 aromatic carbocycles. The lowest BCUT2D eigenvalue weighted by Crippen LogP contribution is -2.26. The number of hydrogen-bond donors (Lipinski definition) is 0. The molecule has 1 atom stereocenters. The number of nitrogens with zero attached hydrogens (tertiary/aromatic N) is 4. The summed E-state index contributed by atoms with van der Waals surface area (Å²) in [4.78, 5) is 8.94. The highest BCUT2D eigenvalue weighted by molar-refractivity contribution is 8.00. The van der Waals surface area contributed by atoms with Crippen molar-refractivity contribution in [3.8, 4) is 11.8 Å². The molecule has 3 aromatic rings. The maximum Gasteiger partial charge on any atom is 0.220 e. The molecule has 0 aliphatic heterocycles. The molecule has 0 bridgehead atoms. The Kier molecular flexibility index (Phi) is 7.52. The summed E-state index contributed by atoms with van der Waals surface area (Å²) in [5.41, 5.74) is 1.89. The Morgan fingerprint density at radius 1 is 0.871 bits per heavy atom. The quantitative estimate of drug-likeness (QED) is 0.192. The van der Waals surface area contributed by atoms with Gasteiger partial charge < -0.3 is 9.47 Å². The smallest absolute Gasteiger partial charge is 0.220 e. The van der Waals surface area contributed by atoms with E-state index in [0.29, 0.717) is 16.9 Å². The third-order valence-electron chi connectivity index (χ3n) is 4.48. The van der Waals surface area contributed by atoms with Crippen LogP contribution in [0.5, 0.6) is 11.8 Å². The molecular formula is C24H28N4O2S. The van der Waals surface area contributed by atoms with Crippen LogP contribution in [-0.4, -0.2) is 35.7 Å². The summed E-state index contributed by atoms with van der Waals surface area (Å²) < 4.78 is 10.6. The van der Waals surface area contributed by atoms with E-state index >= 15 is 0 Å². The molecule has 0 spiro atoms. The van der Waals surface area contributed by atoms with Crippen LogP contribution in [-0.2, 0) is 0 Å². The third kappa shape index (κ3) is 6.21. The fraction of sp³-hybridized carbons (Fsp3) is 0.292. The molecule has 0 saturated carbocycles. The van der Waals surface area contributed by atoms with E-state index in [1.807, 2.05) is 71.9 Å². The number of benzene rings is 2. The van der Waals surface area contributed by atoms with Crippen molar-refractivity contribution >= 4 is 29.4 Å². The zero-order valence-corrected chi connectivity index (χ0v) is 19.3. The van der Waals surface area contributed by atoms with Gasteiger partial charge in [0.05, 0.1) is 36.9 Å². The molecule has 1 heterocycles. The predicted molar refractivity (Wildman–Crippen MR) is 128 cm³/mol. The summed E-state index contributed by atoms with van der Waals surface area (Å²) in [5, 5.41) is 7.40. The zero-order valence-electron chi connectivity index (χ0n) is 18.5. The van der Waals surface area contributed by atoms with E-state index in [4.69, 9.17) is 14.6 Å². The van der Waals surface area contributed by atoms with Crippen LogP contribution in [0, 0.1) is 5.41 Å². The number of anilines is 2. The Morgan fingerprint density at radius 3 is 1.77 bits per heavy atom. The Bertz CT molecular complexity index is 930. The summed E-state index contributed by atoms with van der Waals surface area (Å²) in [6.07, 6.45) is 1.96. The van der Waals surface area contributed by atoms with Crippen molar-refractivity contribution < 1.29 is 9.47 Å². The van der Waals surface area contributed by atoms with Gasteiger partial charge in [-0.05, 0) is 29.7 Å². The highest BCUT2D eigenvalue weighted by Gasteiger charge is 2.26. The first-order valence-corrected chi connectivity index (χ1v) is 10.9. The number of methoxy groups -OCH3 is 2. The fourth-order valence-corrected chi connectivity index (χ4v) is 3.72. The summed E-state index contributed by atoms with van der Waals surface area (Å²) in [7, 11) is 3.16. The molecule has 1 unspecified atom stereocenters. The first-order valence-electron chi connectivity index (χ1n) is 9.99. The monoisotopic (exact) mass is 436 g/mol. The van der Waals surface area contributed by atoms with E-state index in [1.165, 1.54) is 11.8 Å². The lowest BCUT2D eigenvalue weighted by molar-refractivity contribution is 0.364. The lowest BCUT2D eigenvalue weighted by Gasteiger charge is -2.27. The summed E-state index contributed by atoms with van der Waals surface area (Å²) in [6.45, 7) is 6.51. The Balaban J connectivity index is 1.94. The SMILES string of the molecule is COc1cc(OC)nc(SC(/C=N/N(c2ccccc2)c2ccccc2)C(C)(C)C)n1. The van der Waals surface area contributed by atoms with Gasteiger partial charge in [-0.3, -0.25) is 0 Å². The topological polar surface area (TPSA) is 59.8 Å². The van der Waals surface area contributed by atoms with Crippen LogP contribution in [0.4, 0.5) is 11.4 Å².